The number of carbonyl (C=O) groups excluding carboxylic acids is 1. The third-order valence-electron chi connectivity index (χ3n) is 4.85. The van der Waals surface area contributed by atoms with Crippen LogP contribution in [0.25, 0.3) is 10.9 Å². The smallest absolute Gasteiger partial charge is 0.261 e. The highest BCUT2D eigenvalue weighted by atomic mass is 35.5. The lowest BCUT2D eigenvalue weighted by atomic mass is 10.1. The van der Waals surface area contributed by atoms with Crippen molar-refractivity contribution in [3.05, 3.63) is 75.8 Å². The first-order valence-electron chi connectivity index (χ1n) is 8.92. The Morgan fingerprint density at radius 3 is 2.63 bits per heavy atom. The van der Waals surface area contributed by atoms with Crippen LogP contribution in [-0.2, 0) is 11.3 Å². The van der Waals surface area contributed by atoms with Crippen molar-refractivity contribution in [2.24, 2.45) is 0 Å². The summed E-state index contributed by atoms with van der Waals surface area (Å²) in [6.07, 6.45) is 2.50. The van der Waals surface area contributed by atoms with Gasteiger partial charge in [-0.15, -0.1) is 0 Å². The van der Waals surface area contributed by atoms with Crippen LogP contribution in [-0.4, -0.2) is 27.4 Å². The summed E-state index contributed by atoms with van der Waals surface area (Å²) in [4.78, 5) is 31.0. The Hall–Kier alpha value is -2.66. The number of hydrogen-bond donors (Lipinski definition) is 0. The maximum atomic E-state index is 12.5. The van der Waals surface area contributed by atoms with Crippen molar-refractivity contribution in [3.63, 3.8) is 0 Å². The second kappa shape index (κ2) is 8.35. The fourth-order valence-electron chi connectivity index (χ4n) is 3.02. The fraction of sp³-hybridized carbons (Fsp3) is 0.286. The molecule has 140 valence electrons. The van der Waals surface area contributed by atoms with Gasteiger partial charge in [0.15, 0.2) is 0 Å². The lowest BCUT2D eigenvalue weighted by Gasteiger charge is -2.25. The number of hydrogen-bond acceptors (Lipinski definition) is 3. The molecule has 0 saturated heterocycles. The molecule has 1 amide bonds. The zero-order valence-electron chi connectivity index (χ0n) is 15.4. The van der Waals surface area contributed by atoms with E-state index in [1.807, 2.05) is 49.4 Å². The lowest BCUT2D eigenvalue weighted by molar-refractivity contribution is -0.131. The summed E-state index contributed by atoms with van der Waals surface area (Å²) in [5.74, 6) is 0.0410. The molecule has 0 saturated carbocycles. The van der Waals surface area contributed by atoms with E-state index in [9.17, 15) is 9.59 Å². The minimum absolute atomic E-state index is 0.0410. The van der Waals surface area contributed by atoms with Gasteiger partial charge in [-0.1, -0.05) is 35.9 Å². The number of aryl methyl sites for hydroxylation is 1. The molecule has 1 aromatic heterocycles. The minimum Gasteiger partial charge on any atom is -0.339 e. The second-order valence-corrected chi connectivity index (χ2v) is 7.03. The Morgan fingerprint density at radius 2 is 1.89 bits per heavy atom. The van der Waals surface area contributed by atoms with E-state index in [1.165, 1.54) is 0 Å². The van der Waals surface area contributed by atoms with E-state index in [0.29, 0.717) is 35.3 Å². The molecule has 1 atom stereocenters. The average Bonchev–Trinajstić information content (AvgIpc) is 2.69. The molecule has 27 heavy (non-hydrogen) atoms. The number of para-hydroxylation sites is 1. The predicted octanol–water partition coefficient (Wildman–Crippen LogP) is 4.05. The van der Waals surface area contributed by atoms with E-state index in [4.69, 9.17) is 11.6 Å². The summed E-state index contributed by atoms with van der Waals surface area (Å²) in [5, 5.41) is 1.27. The van der Waals surface area contributed by atoms with Crippen LogP contribution >= 0.6 is 11.6 Å². The number of rotatable bonds is 6. The van der Waals surface area contributed by atoms with Crippen LogP contribution < -0.4 is 5.56 Å². The number of fused-ring (bicyclic) bond motifs is 1. The average molecular weight is 384 g/mol. The molecule has 5 nitrogen and oxygen atoms in total. The van der Waals surface area contributed by atoms with Crippen LogP contribution in [0.2, 0.25) is 5.02 Å². The van der Waals surface area contributed by atoms with E-state index in [1.54, 1.807) is 28.9 Å². The topological polar surface area (TPSA) is 55.2 Å². The van der Waals surface area contributed by atoms with Gasteiger partial charge in [0.1, 0.15) is 0 Å². The molecule has 0 bridgehead atoms. The van der Waals surface area contributed by atoms with Crippen LogP contribution in [0, 0.1) is 0 Å². The molecule has 0 N–H and O–H groups in total. The van der Waals surface area contributed by atoms with Gasteiger partial charge in [-0.2, -0.15) is 0 Å². The number of nitrogens with zero attached hydrogens (tertiary/aromatic N) is 3. The first-order chi connectivity index (χ1) is 13.0. The molecule has 0 aliphatic carbocycles. The van der Waals surface area contributed by atoms with Gasteiger partial charge in [0.05, 0.1) is 23.3 Å². The third-order valence-corrected chi connectivity index (χ3v) is 5.10. The van der Waals surface area contributed by atoms with Crippen LogP contribution in [0.15, 0.2) is 59.7 Å². The van der Waals surface area contributed by atoms with Crippen LogP contribution in [0.3, 0.4) is 0 Å². The maximum absolute atomic E-state index is 12.5. The quantitative estimate of drug-likeness (QED) is 0.645. The Labute approximate surface area is 163 Å². The summed E-state index contributed by atoms with van der Waals surface area (Å²) in [6.45, 7) is 2.45. The molecule has 0 aliphatic rings. The summed E-state index contributed by atoms with van der Waals surface area (Å²) in [6, 6.07) is 14.7. The lowest BCUT2D eigenvalue weighted by Crippen LogP contribution is -2.30. The summed E-state index contributed by atoms with van der Waals surface area (Å²) in [7, 11) is 1.80. The molecule has 3 rings (SSSR count). The van der Waals surface area contributed by atoms with Gasteiger partial charge in [0.2, 0.25) is 5.91 Å². The maximum Gasteiger partial charge on any atom is 0.261 e. The zero-order chi connectivity index (χ0) is 19.4. The summed E-state index contributed by atoms with van der Waals surface area (Å²) in [5.41, 5.74) is 1.65. The van der Waals surface area contributed by atoms with Crippen molar-refractivity contribution in [1.82, 2.24) is 14.5 Å². The van der Waals surface area contributed by atoms with E-state index in [-0.39, 0.29) is 17.5 Å². The number of benzene rings is 2. The zero-order valence-corrected chi connectivity index (χ0v) is 16.2. The van der Waals surface area contributed by atoms with Gasteiger partial charge in [-0.25, -0.2) is 4.98 Å². The molecule has 6 heteroatoms. The predicted molar refractivity (Wildman–Crippen MR) is 108 cm³/mol. The molecule has 1 heterocycles. The number of carbonyl (C=O) groups is 1. The van der Waals surface area contributed by atoms with Crippen molar-refractivity contribution in [2.45, 2.75) is 32.4 Å². The Bertz CT molecular complexity index is 998. The van der Waals surface area contributed by atoms with Crippen LogP contribution in [0.1, 0.15) is 31.4 Å². The SMILES string of the molecule is CC(c1ccc(Cl)cc1)N(C)C(=O)CCCn1cnc2ccccc2c1=O. The Kier molecular flexibility index (Phi) is 5.91. The van der Waals surface area contributed by atoms with Crippen LogP contribution in [0.4, 0.5) is 0 Å². The summed E-state index contributed by atoms with van der Waals surface area (Å²) < 4.78 is 1.57. The van der Waals surface area contributed by atoms with E-state index in [0.717, 1.165) is 5.56 Å². The van der Waals surface area contributed by atoms with Gasteiger partial charge in [-0.05, 0) is 43.2 Å². The van der Waals surface area contributed by atoms with E-state index >= 15 is 0 Å². The third kappa shape index (κ3) is 4.37. The van der Waals surface area contributed by atoms with Crippen molar-refractivity contribution in [2.75, 3.05) is 7.05 Å². The number of halogens is 1. The van der Waals surface area contributed by atoms with Gasteiger partial charge >= 0.3 is 0 Å². The highest BCUT2D eigenvalue weighted by Gasteiger charge is 2.17. The monoisotopic (exact) mass is 383 g/mol. The molecular weight excluding hydrogens is 362 g/mol. The molecule has 2 aromatic carbocycles. The van der Waals surface area contributed by atoms with Gasteiger partial charge in [0, 0.05) is 25.0 Å². The number of amides is 1. The minimum atomic E-state index is -0.0732. The van der Waals surface area contributed by atoms with Crippen molar-refractivity contribution < 1.29 is 4.79 Å². The largest absolute Gasteiger partial charge is 0.339 e. The first-order valence-corrected chi connectivity index (χ1v) is 9.30. The first kappa shape index (κ1) is 19.1. The molecule has 3 aromatic rings. The highest BCUT2D eigenvalue weighted by molar-refractivity contribution is 6.30. The molecule has 0 radical (unpaired) electrons. The molecule has 0 spiro atoms. The number of aromatic nitrogens is 2. The van der Waals surface area contributed by atoms with Gasteiger partial charge < -0.3 is 4.90 Å². The highest BCUT2D eigenvalue weighted by Crippen LogP contribution is 2.21. The molecular formula is C21H22ClN3O2. The van der Waals surface area contributed by atoms with Crippen molar-refractivity contribution in [1.29, 1.82) is 0 Å². The van der Waals surface area contributed by atoms with Crippen molar-refractivity contribution >= 4 is 28.4 Å². The second-order valence-electron chi connectivity index (χ2n) is 6.60. The van der Waals surface area contributed by atoms with Gasteiger partial charge in [0.25, 0.3) is 5.56 Å². The molecule has 0 aliphatic heterocycles. The summed E-state index contributed by atoms with van der Waals surface area (Å²) >= 11 is 5.92. The standard InChI is InChI=1S/C21H22ClN3O2/c1-15(16-9-11-17(22)12-10-16)24(2)20(26)8-5-13-25-14-23-19-7-4-3-6-18(19)21(25)27/h3-4,6-7,9-12,14-15H,5,8,13H2,1-2H3. The van der Waals surface area contributed by atoms with Crippen LogP contribution in [0.5, 0.6) is 0 Å². The normalized spacial score (nSPS) is 12.1. The Balaban J connectivity index is 1.60. The van der Waals surface area contributed by atoms with Gasteiger partial charge in [-0.3, -0.25) is 14.2 Å². The van der Waals surface area contributed by atoms with Crippen molar-refractivity contribution in [3.8, 4) is 0 Å². The van der Waals surface area contributed by atoms with E-state index < -0.39 is 0 Å². The fourth-order valence-corrected chi connectivity index (χ4v) is 3.15. The van der Waals surface area contributed by atoms with E-state index in [2.05, 4.69) is 4.98 Å². The molecule has 0 fully saturated rings. The molecule has 1 unspecified atom stereocenters. The Morgan fingerprint density at radius 1 is 1.19 bits per heavy atom.